The van der Waals surface area contributed by atoms with E-state index in [1.54, 1.807) is 43.6 Å². The normalized spacial score (nSPS) is 13.3. The molecule has 1 aliphatic heterocycles. The minimum Gasteiger partial charge on any atom is -0.492 e. The number of methoxy groups -OCH3 is 1. The van der Waals surface area contributed by atoms with Crippen molar-refractivity contribution >= 4 is 23.2 Å². The molecule has 0 bridgehead atoms. The highest BCUT2D eigenvalue weighted by atomic mass is 19.1. The smallest absolute Gasteiger partial charge is 0.255 e. The molecule has 2 amide bonds. The molecule has 0 radical (unpaired) electrons. The van der Waals surface area contributed by atoms with Gasteiger partial charge in [-0.3, -0.25) is 14.6 Å². The van der Waals surface area contributed by atoms with Crippen molar-refractivity contribution in [1.82, 2.24) is 25.5 Å². The largest absolute Gasteiger partial charge is 0.492 e. The number of benzene rings is 1. The predicted octanol–water partition coefficient (Wildman–Crippen LogP) is 3.23. The van der Waals surface area contributed by atoms with Crippen LogP contribution in [-0.2, 0) is 11.2 Å². The molecular weight excluding hydrogens is 499 g/mol. The average Bonchev–Trinajstić information content (AvgIpc) is 3.27. The van der Waals surface area contributed by atoms with Crippen LogP contribution in [0.15, 0.2) is 48.8 Å². The second kappa shape index (κ2) is 12.3. The second-order valence-electron chi connectivity index (χ2n) is 9.27. The zero-order valence-electron chi connectivity index (χ0n) is 22.3. The monoisotopic (exact) mass is 530 g/mol. The Bertz CT molecular complexity index is 1470. The third kappa shape index (κ3) is 6.45. The van der Waals surface area contributed by atoms with Gasteiger partial charge in [-0.25, -0.2) is 4.39 Å². The molecule has 202 valence electrons. The van der Waals surface area contributed by atoms with E-state index in [0.29, 0.717) is 53.3 Å². The van der Waals surface area contributed by atoms with Crippen LogP contribution < -0.4 is 20.7 Å². The number of amides is 2. The van der Waals surface area contributed by atoms with E-state index in [2.05, 4.69) is 37.8 Å². The second-order valence-corrected chi connectivity index (χ2v) is 9.27. The Kier molecular flexibility index (Phi) is 8.63. The number of nitrogens with zero attached hydrogens (tertiary/aromatic N) is 2. The Morgan fingerprint density at radius 2 is 2.15 bits per heavy atom. The fraction of sp³-hybridized carbons (Fsp3) is 0.276. The number of rotatable bonds is 8. The fourth-order valence-electron chi connectivity index (χ4n) is 4.22. The number of halogens is 1. The number of H-pyrrole nitrogens is 1. The number of para-hydroxylation sites is 1. The van der Waals surface area contributed by atoms with Crippen LogP contribution in [0, 0.1) is 17.7 Å². The van der Waals surface area contributed by atoms with Crippen LogP contribution in [-0.4, -0.2) is 67.0 Å². The maximum Gasteiger partial charge on any atom is 0.255 e. The first-order valence-corrected chi connectivity index (χ1v) is 12.5. The van der Waals surface area contributed by atoms with Gasteiger partial charge in [-0.2, -0.15) is 0 Å². The lowest BCUT2D eigenvalue weighted by Gasteiger charge is -2.17. The molecule has 1 aromatic carbocycles. The summed E-state index contributed by atoms with van der Waals surface area (Å²) in [5, 5.41) is 8.92. The minimum absolute atomic E-state index is 0.0357. The van der Waals surface area contributed by atoms with Crippen LogP contribution in [0.5, 0.6) is 5.75 Å². The Morgan fingerprint density at radius 3 is 2.92 bits per heavy atom. The van der Waals surface area contributed by atoms with Gasteiger partial charge in [-0.15, -0.1) is 0 Å². The summed E-state index contributed by atoms with van der Waals surface area (Å²) in [7, 11) is 5.23. The van der Waals surface area contributed by atoms with Gasteiger partial charge in [0.25, 0.3) is 5.91 Å². The highest BCUT2D eigenvalue weighted by molar-refractivity contribution is 6.06. The third-order valence-electron chi connectivity index (χ3n) is 6.01. The molecule has 1 atom stereocenters. The number of pyridine rings is 1. The van der Waals surface area contributed by atoms with Crippen LogP contribution in [0.4, 0.5) is 15.8 Å². The number of carbonyl (C=O) groups excluding carboxylic acids is 2. The molecule has 0 fully saturated rings. The van der Waals surface area contributed by atoms with Crippen molar-refractivity contribution in [3.63, 3.8) is 0 Å². The lowest BCUT2D eigenvalue weighted by atomic mass is 10.0. The molecule has 2 aromatic heterocycles. The maximum atomic E-state index is 14.4. The van der Waals surface area contributed by atoms with Crippen molar-refractivity contribution in [2.45, 2.75) is 19.4 Å². The van der Waals surface area contributed by atoms with Crippen LogP contribution in [0.25, 0.3) is 11.3 Å². The molecule has 0 aliphatic carbocycles. The summed E-state index contributed by atoms with van der Waals surface area (Å²) < 4.78 is 19.7. The van der Waals surface area contributed by atoms with Crippen molar-refractivity contribution in [1.29, 1.82) is 0 Å². The number of fused-ring (bicyclic) bond motifs is 1. The van der Waals surface area contributed by atoms with E-state index in [1.165, 1.54) is 19.3 Å². The van der Waals surface area contributed by atoms with E-state index in [1.807, 2.05) is 19.0 Å². The molecule has 1 aliphatic rings. The standard InChI is InChI=1S/C29H31FN6O3/c1-18(33-24(37)9-6-16-36(2)3)10-11-19-17-31-14-12-20(19)26-27(25-22(34-26)13-15-32-29(25)38)35-23-8-5-7-21(30)28(23)39-4/h5-9,12,14,17-18,34-35H,13,15-16H2,1-4H3,(H,32,38)(H,33,37)/b9-6+/t18-/m1/s1. The van der Waals surface area contributed by atoms with Crippen LogP contribution in [0.2, 0.25) is 0 Å². The summed E-state index contributed by atoms with van der Waals surface area (Å²) in [6.45, 7) is 2.95. The van der Waals surface area contributed by atoms with E-state index in [0.717, 1.165) is 5.69 Å². The number of hydrogen-bond donors (Lipinski definition) is 4. The number of nitrogens with one attached hydrogen (secondary N) is 4. The van der Waals surface area contributed by atoms with Crippen molar-refractivity contribution in [2.24, 2.45) is 0 Å². The predicted molar refractivity (Wildman–Crippen MR) is 148 cm³/mol. The summed E-state index contributed by atoms with van der Waals surface area (Å²) in [6, 6.07) is 5.91. The average molecular weight is 531 g/mol. The van der Waals surface area contributed by atoms with Gasteiger partial charge in [0.2, 0.25) is 5.91 Å². The molecule has 39 heavy (non-hydrogen) atoms. The molecule has 4 N–H and O–H groups in total. The molecule has 3 heterocycles. The SMILES string of the molecule is COc1c(F)cccc1Nc1c(-c2ccncc2C#C[C@@H](C)NC(=O)/C=C/CN(C)C)[nH]c2c1C(=O)NCC2. The number of likely N-dealkylation sites (N-methyl/N-ethyl adjacent to an activating group) is 1. The first kappa shape index (κ1) is 27.4. The molecule has 3 aromatic rings. The third-order valence-corrected chi connectivity index (χ3v) is 6.01. The number of hydrogen-bond acceptors (Lipinski definition) is 6. The number of carbonyl (C=O) groups is 2. The Morgan fingerprint density at radius 1 is 1.33 bits per heavy atom. The minimum atomic E-state index is -0.527. The van der Waals surface area contributed by atoms with Gasteiger partial charge in [0.1, 0.15) is 0 Å². The van der Waals surface area contributed by atoms with E-state index in [-0.39, 0.29) is 17.6 Å². The summed E-state index contributed by atoms with van der Waals surface area (Å²) in [5.41, 5.74) is 3.96. The lowest BCUT2D eigenvalue weighted by Crippen LogP contribution is -2.31. The van der Waals surface area contributed by atoms with Gasteiger partial charge >= 0.3 is 0 Å². The number of ether oxygens (including phenoxy) is 1. The maximum absolute atomic E-state index is 14.4. The topological polar surface area (TPSA) is 111 Å². The van der Waals surface area contributed by atoms with E-state index in [4.69, 9.17) is 4.74 Å². The molecule has 0 spiro atoms. The van der Waals surface area contributed by atoms with Crippen molar-refractivity contribution < 1.29 is 18.7 Å². The molecule has 0 unspecified atom stereocenters. The zero-order chi connectivity index (χ0) is 27.9. The molecular formula is C29H31FN6O3. The van der Waals surface area contributed by atoms with Crippen LogP contribution in [0.1, 0.15) is 28.5 Å². The van der Waals surface area contributed by atoms with E-state index in [9.17, 15) is 14.0 Å². The van der Waals surface area contributed by atoms with Crippen LogP contribution in [0.3, 0.4) is 0 Å². The highest BCUT2D eigenvalue weighted by Crippen LogP contribution is 2.40. The molecule has 0 saturated heterocycles. The Labute approximate surface area is 226 Å². The number of anilines is 2. The molecule has 9 nitrogen and oxygen atoms in total. The van der Waals surface area contributed by atoms with E-state index >= 15 is 0 Å². The lowest BCUT2D eigenvalue weighted by molar-refractivity contribution is -0.116. The van der Waals surface area contributed by atoms with Crippen LogP contribution >= 0.6 is 0 Å². The quantitative estimate of drug-likeness (QED) is 0.263. The zero-order valence-corrected chi connectivity index (χ0v) is 22.3. The summed E-state index contributed by atoms with van der Waals surface area (Å²) in [4.78, 5) is 34.7. The van der Waals surface area contributed by atoms with E-state index < -0.39 is 11.9 Å². The van der Waals surface area contributed by atoms with Crippen molar-refractivity contribution in [2.75, 3.05) is 39.6 Å². The summed E-state index contributed by atoms with van der Waals surface area (Å²) >= 11 is 0. The number of aromatic amines is 1. The van der Waals surface area contributed by atoms with Gasteiger partial charge in [-0.05, 0) is 39.2 Å². The van der Waals surface area contributed by atoms with Crippen molar-refractivity contribution in [3.8, 4) is 28.8 Å². The van der Waals surface area contributed by atoms with Gasteiger partial charge in [-0.1, -0.05) is 24.0 Å². The van der Waals surface area contributed by atoms with Gasteiger partial charge in [0.05, 0.1) is 41.3 Å². The Hall–Kier alpha value is -4.62. The molecule has 4 rings (SSSR count). The van der Waals surface area contributed by atoms with Crippen molar-refractivity contribution in [3.05, 3.63) is 71.4 Å². The highest BCUT2D eigenvalue weighted by Gasteiger charge is 2.28. The van der Waals surface area contributed by atoms with Gasteiger partial charge in [0.15, 0.2) is 11.6 Å². The molecule has 0 saturated carbocycles. The van der Waals surface area contributed by atoms with Gasteiger partial charge < -0.3 is 30.6 Å². The first-order chi connectivity index (χ1) is 18.8. The molecule has 10 heteroatoms. The Balaban J connectivity index is 1.70. The summed E-state index contributed by atoms with van der Waals surface area (Å²) in [5.74, 6) is 5.21. The summed E-state index contributed by atoms with van der Waals surface area (Å²) in [6.07, 6.45) is 7.13. The number of aromatic nitrogens is 2. The fourth-order valence-corrected chi connectivity index (χ4v) is 4.22. The van der Waals surface area contributed by atoms with Gasteiger partial charge in [0, 0.05) is 49.2 Å². The first-order valence-electron chi connectivity index (χ1n) is 12.5.